The zero-order valence-electron chi connectivity index (χ0n) is 12.6. The maximum atomic E-state index is 3.64. The van der Waals surface area contributed by atoms with E-state index in [9.17, 15) is 0 Å². The van der Waals surface area contributed by atoms with Crippen molar-refractivity contribution in [1.82, 2.24) is 10.2 Å². The van der Waals surface area contributed by atoms with Crippen molar-refractivity contribution in [2.45, 2.75) is 83.8 Å². The molecule has 0 bridgehead atoms. The summed E-state index contributed by atoms with van der Waals surface area (Å²) in [5, 5.41) is 3.64. The molecule has 2 fully saturated rings. The van der Waals surface area contributed by atoms with Crippen molar-refractivity contribution in [2.24, 2.45) is 5.92 Å². The molecule has 1 heterocycles. The molecule has 1 saturated heterocycles. The van der Waals surface area contributed by atoms with Crippen LogP contribution in [0.3, 0.4) is 0 Å². The van der Waals surface area contributed by atoms with Crippen molar-refractivity contribution in [3.8, 4) is 0 Å². The Morgan fingerprint density at radius 1 is 1.17 bits per heavy atom. The Hall–Kier alpha value is -0.0800. The second-order valence-corrected chi connectivity index (χ2v) is 6.58. The monoisotopic (exact) mass is 252 g/mol. The minimum atomic E-state index is 0.668. The summed E-state index contributed by atoms with van der Waals surface area (Å²) in [7, 11) is 0. The quantitative estimate of drug-likeness (QED) is 0.779. The van der Waals surface area contributed by atoms with Gasteiger partial charge in [0.2, 0.25) is 0 Å². The van der Waals surface area contributed by atoms with E-state index in [0.717, 1.165) is 18.0 Å². The molecule has 1 aliphatic heterocycles. The molecule has 1 saturated carbocycles. The lowest BCUT2D eigenvalue weighted by molar-refractivity contribution is 0.0670. The van der Waals surface area contributed by atoms with Crippen molar-refractivity contribution >= 4 is 0 Å². The normalized spacial score (nSPS) is 32.2. The summed E-state index contributed by atoms with van der Waals surface area (Å²) in [5.74, 6) is 1.03. The summed E-state index contributed by atoms with van der Waals surface area (Å²) < 4.78 is 0. The largest absolute Gasteiger partial charge is 0.314 e. The second kappa shape index (κ2) is 6.91. The van der Waals surface area contributed by atoms with Gasteiger partial charge in [0.25, 0.3) is 0 Å². The van der Waals surface area contributed by atoms with Crippen LogP contribution in [0.25, 0.3) is 0 Å². The van der Waals surface area contributed by atoms with E-state index in [0.29, 0.717) is 6.04 Å². The molecule has 2 heteroatoms. The van der Waals surface area contributed by atoms with E-state index in [1.54, 1.807) is 0 Å². The third-order valence-electron chi connectivity index (χ3n) is 5.04. The van der Waals surface area contributed by atoms with Crippen molar-refractivity contribution in [3.05, 3.63) is 0 Å². The zero-order valence-corrected chi connectivity index (χ0v) is 12.6. The molecule has 2 aliphatic rings. The minimum absolute atomic E-state index is 0.668. The molecule has 0 aromatic carbocycles. The third kappa shape index (κ3) is 3.48. The van der Waals surface area contributed by atoms with Crippen LogP contribution in [-0.4, -0.2) is 36.1 Å². The molecule has 0 spiro atoms. The lowest BCUT2D eigenvalue weighted by Crippen LogP contribution is -2.49. The highest BCUT2D eigenvalue weighted by Crippen LogP contribution is 2.38. The lowest BCUT2D eigenvalue weighted by atomic mass is 9.90. The Labute approximate surface area is 114 Å². The van der Waals surface area contributed by atoms with Gasteiger partial charge >= 0.3 is 0 Å². The van der Waals surface area contributed by atoms with Crippen LogP contribution in [0.1, 0.15) is 65.7 Å². The molecule has 0 radical (unpaired) electrons. The van der Waals surface area contributed by atoms with E-state index >= 15 is 0 Å². The molecule has 1 aliphatic carbocycles. The Morgan fingerprint density at radius 3 is 2.72 bits per heavy atom. The van der Waals surface area contributed by atoms with Gasteiger partial charge in [0.05, 0.1) is 0 Å². The fourth-order valence-electron chi connectivity index (χ4n) is 4.16. The first kappa shape index (κ1) is 14.3. The Kier molecular flexibility index (Phi) is 5.50. The molecule has 18 heavy (non-hydrogen) atoms. The molecule has 0 aromatic heterocycles. The van der Waals surface area contributed by atoms with Gasteiger partial charge in [0.1, 0.15) is 0 Å². The van der Waals surface area contributed by atoms with Gasteiger partial charge in [-0.25, -0.2) is 0 Å². The van der Waals surface area contributed by atoms with E-state index in [1.165, 1.54) is 58.0 Å². The molecular formula is C16H32N2. The lowest BCUT2D eigenvalue weighted by Gasteiger charge is -2.42. The first-order valence-corrected chi connectivity index (χ1v) is 8.21. The fourth-order valence-corrected chi connectivity index (χ4v) is 4.16. The number of nitrogens with zero attached hydrogens (tertiary/aromatic N) is 1. The highest BCUT2D eigenvalue weighted by Gasteiger charge is 2.36. The summed E-state index contributed by atoms with van der Waals surface area (Å²) in [4.78, 5) is 2.84. The molecule has 4 unspecified atom stereocenters. The van der Waals surface area contributed by atoms with E-state index in [-0.39, 0.29) is 0 Å². The molecule has 2 rings (SSSR count). The number of hydrogen-bond acceptors (Lipinski definition) is 2. The highest BCUT2D eigenvalue weighted by molar-refractivity contribution is 4.91. The fraction of sp³-hybridized carbons (Fsp3) is 1.00. The Morgan fingerprint density at radius 2 is 1.94 bits per heavy atom. The SMILES string of the molecule is CCCNC(C)CC(C)N1CCCC2CCCC21. The van der Waals surface area contributed by atoms with Gasteiger partial charge in [-0.3, -0.25) is 4.90 Å². The van der Waals surface area contributed by atoms with Crippen molar-refractivity contribution in [2.75, 3.05) is 13.1 Å². The Bertz CT molecular complexity index is 241. The highest BCUT2D eigenvalue weighted by atomic mass is 15.2. The second-order valence-electron chi connectivity index (χ2n) is 6.58. The van der Waals surface area contributed by atoms with Crippen molar-refractivity contribution < 1.29 is 0 Å². The van der Waals surface area contributed by atoms with Gasteiger partial charge < -0.3 is 5.32 Å². The molecule has 1 N–H and O–H groups in total. The van der Waals surface area contributed by atoms with E-state index in [2.05, 4.69) is 31.0 Å². The summed E-state index contributed by atoms with van der Waals surface area (Å²) >= 11 is 0. The van der Waals surface area contributed by atoms with Gasteiger partial charge in [0.15, 0.2) is 0 Å². The standard InChI is InChI=1S/C16H32N2/c1-4-10-17-13(2)12-14(3)18-11-6-8-15-7-5-9-16(15)18/h13-17H,4-12H2,1-3H3. The Balaban J connectivity index is 1.81. The van der Waals surface area contributed by atoms with Gasteiger partial charge in [-0.2, -0.15) is 0 Å². The predicted molar refractivity (Wildman–Crippen MR) is 78.9 cm³/mol. The molecule has 106 valence electrons. The van der Waals surface area contributed by atoms with Crippen LogP contribution < -0.4 is 5.32 Å². The van der Waals surface area contributed by atoms with Crippen LogP contribution in [-0.2, 0) is 0 Å². The smallest absolute Gasteiger partial charge is 0.0126 e. The van der Waals surface area contributed by atoms with Crippen molar-refractivity contribution in [1.29, 1.82) is 0 Å². The van der Waals surface area contributed by atoms with Crippen LogP contribution >= 0.6 is 0 Å². The summed E-state index contributed by atoms with van der Waals surface area (Å²) in [5.41, 5.74) is 0. The topological polar surface area (TPSA) is 15.3 Å². The summed E-state index contributed by atoms with van der Waals surface area (Å²) in [6, 6.07) is 2.35. The molecule has 4 atom stereocenters. The van der Waals surface area contributed by atoms with E-state index < -0.39 is 0 Å². The zero-order chi connectivity index (χ0) is 13.0. The predicted octanol–water partition coefficient (Wildman–Crippen LogP) is 3.42. The third-order valence-corrected chi connectivity index (χ3v) is 5.04. The van der Waals surface area contributed by atoms with Crippen LogP contribution in [0.5, 0.6) is 0 Å². The van der Waals surface area contributed by atoms with Crippen LogP contribution in [0.15, 0.2) is 0 Å². The minimum Gasteiger partial charge on any atom is -0.314 e. The maximum Gasteiger partial charge on any atom is 0.0126 e. The van der Waals surface area contributed by atoms with Gasteiger partial charge in [-0.05, 0) is 71.4 Å². The number of nitrogens with one attached hydrogen (secondary N) is 1. The van der Waals surface area contributed by atoms with Gasteiger partial charge in [-0.1, -0.05) is 13.3 Å². The maximum absolute atomic E-state index is 3.64. The molecule has 0 aromatic rings. The summed E-state index contributed by atoms with van der Waals surface area (Å²) in [6.07, 6.45) is 9.92. The average Bonchev–Trinajstić information content (AvgIpc) is 2.84. The number of piperidine rings is 1. The first-order chi connectivity index (χ1) is 8.72. The number of rotatable bonds is 6. The van der Waals surface area contributed by atoms with Crippen LogP contribution in [0, 0.1) is 5.92 Å². The molecular weight excluding hydrogens is 220 g/mol. The first-order valence-electron chi connectivity index (χ1n) is 8.21. The van der Waals surface area contributed by atoms with E-state index in [4.69, 9.17) is 0 Å². The average molecular weight is 252 g/mol. The number of hydrogen-bond donors (Lipinski definition) is 1. The van der Waals surface area contributed by atoms with Crippen molar-refractivity contribution in [3.63, 3.8) is 0 Å². The molecule has 2 nitrogen and oxygen atoms in total. The van der Waals surface area contributed by atoms with Gasteiger partial charge in [-0.15, -0.1) is 0 Å². The number of fused-ring (bicyclic) bond motifs is 1. The summed E-state index contributed by atoms with van der Waals surface area (Å²) in [6.45, 7) is 9.56. The number of likely N-dealkylation sites (tertiary alicyclic amines) is 1. The molecule has 0 amide bonds. The van der Waals surface area contributed by atoms with Gasteiger partial charge in [0, 0.05) is 18.1 Å². The van der Waals surface area contributed by atoms with Crippen LogP contribution in [0.2, 0.25) is 0 Å². The van der Waals surface area contributed by atoms with Crippen LogP contribution in [0.4, 0.5) is 0 Å². The van der Waals surface area contributed by atoms with E-state index in [1.807, 2.05) is 0 Å².